The van der Waals surface area contributed by atoms with Crippen molar-refractivity contribution in [3.05, 3.63) is 68.8 Å². The number of rotatable bonds is 3. The Labute approximate surface area is 152 Å². The first-order valence-electron chi connectivity index (χ1n) is 6.94. The lowest BCUT2D eigenvalue weighted by molar-refractivity contribution is 0.102. The molecule has 2 aromatic carbocycles. The van der Waals surface area contributed by atoms with E-state index in [2.05, 4.69) is 10.3 Å². The molecule has 0 aliphatic heterocycles. The maximum atomic E-state index is 12.9. The SMILES string of the molecule is Cc1sc(NC(=O)c2ccc(F)cc2)nc1-c1ccc(Cl)c(Cl)c1. The van der Waals surface area contributed by atoms with Crippen LogP contribution < -0.4 is 5.32 Å². The minimum absolute atomic E-state index is 0.343. The molecule has 24 heavy (non-hydrogen) atoms. The average Bonchev–Trinajstić information content (AvgIpc) is 2.91. The van der Waals surface area contributed by atoms with Gasteiger partial charge in [-0.05, 0) is 43.3 Å². The number of aromatic nitrogens is 1. The first kappa shape index (κ1) is 16.9. The van der Waals surface area contributed by atoms with Crippen LogP contribution in [0.15, 0.2) is 42.5 Å². The molecule has 0 atom stereocenters. The Kier molecular flexibility index (Phi) is 4.85. The summed E-state index contributed by atoms with van der Waals surface area (Å²) >= 11 is 13.3. The molecule has 1 heterocycles. The number of hydrogen-bond acceptors (Lipinski definition) is 3. The first-order chi connectivity index (χ1) is 11.4. The maximum absolute atomic E-state index is 12.9. The first-order valence-corrected chi connectivity index (χ1v) is 8.51. The van der Waals surface area contributed by atoms with Gasteiger partial charge in [0.25, 0.3) is 5.91 Å². The summed E-state index contributed by atoms with van der Waals surface area (Å²) in [5.74, 6) is -0.733. The maximum Gasteiger partial charge on any atom is 0.257 e. The van der Waals surface area contributed by atoms with Crippen LogP contribution in [0.3, 0.4) is 0 Å². The zero-order chi connectivity index (χ0) is 17.3. The number of hydrogen-bond donors (Lipinski definition) is 1. The number of amides is 1. The molecule has 3 rings (SSSR count). The molecule has 0 aliphatic rings. The van der Waals surface area contributed by atoms with E-state index in [9.17, 15) is 9.18 Å². The summed E-state index contributed by atoms with van der Waals surface area (Å²) in [5.41, 5.74) is 1.91. The highest BCUT2D eigenvalue weighted by Gasteiger charge is 2.14. The number of carbonyl (C=O) groups is 1. The summed E-state index contributed by atoms with van der Waals surface area (Å²) in [6.45, 7) is 1.91. The topological polar surface area (TPSA) is 42.0 Å². The highest BCUT2D eigenvalue weighted by atomic mass is 35.5. The number of thiazole rings is 1. The Morgan fingerprint density at radius 1 is 1.12 bits per heavy atom. The van der Waals surface area contributed by atoms with Crippen LogP contribution in [0, 0.1) is 12.7 Å². The second kappa shape index (κ2) is 6.89. The number of nitrogens with one attached hydrogen (secondary N) is 1. The Bertz CT molecular complexity index is 909. The molecule has 0 unspecified atom stereocenters. The summed E-state index contributed by atoms with van der Waals surface area (Å²) in [7, 11) is 0. The summed E-state index contributed by atoms with van der Waals surface area (Å²) in [6.07, 6.45) is 0. The predicted octanol–water partition coefficient (Wildman–Crippen LogP) is 5.82. The Morgan fingerprint density at radius 3 is 2.50 bits per heavy atom. The van der Waals surface area contributed by atoms with Crippen LogP contribution in [0.4, 0.5) is 9.52 Å². The Hall–Kier alpha value is -1.95. The van der Waals surface area contributed by atoms with Gasteiger partial charge in [0.15, 0.2) is 5.13 Å². The molecule has 0 fully saturated rings. The summed E-state index contributed by atoms with van der Waals surface area (Å²) in [5, 5.41) is 4.10. The van der Waals surface area contributed by atoms with Crippen LogP contribution in [0.1, 0.15) is 15.2 Å². The van der Waals surface area contributed by atoms with Crippen molar-refractivity contribution < 1.29 is 9.18 Å². The van der Waals surface area contributed by atoms with Gasteiger partial charge in [-0.2, -0.15) is 0 Å². The van der Waals surface area contributed by atoms with Gasteiger partial charge in [-0.1, -0.05) is 29.3 Å². The minimum atomic E-state index is -0.390. The van der Waals surface area contributed by atoms with Gasteiger partial charge in [-0.25, -0.2) is 9.37 Å². The smallest absolute Gasteiger partial charge is 0.257 e. The number of aryl methyl sites for hydroxylation is 1. The van der Waals surface area contributed by atoms with Gasteiger partial charge in [0.2, 0.25) is 0 Å². The molecule has 1 N–H and O–H groups in total. The van der Waals surface area contributed by atoms with Crippen molar-refractivity contribution in [2.45, 2.75) is 6.92 Å². The van der Waals surface area contributed by atoms with E-state index < -0.39 is 5.82 Å². The van der Waals surface area contributed by atoms with Gasteiger partial charge in [0, 0.05) is 16.0 Å². The fraction of sp³-hybridized carbons (Fsp3) is 0.0588. The van der Waals surface area contributed by atoms with Crippen molar-refractivity contribution in [2.75, 3.05) is 5.32 Å². The second-order valence-electron chi connectivity index (χ2n) is 5.01. The standard InChI is InChI=1S/C17H11Cl2FN2OS/c1-9-15(11-4-7-13(18)14(19)8-11)21-17(24-9)22-16(23)10-2-5-12(20)6-3-10/h2-8H,1H3,(H,21,22,23). The molecule has 0 aliphatic carbocycles. The van der Waals surface area contributed by atoms with E-state index in [0.29, 0.717) is 20.7 Å². The predicted molar refractivity (Wildman–Crippen MR) is 96.7 cm³/mol. The minimum Gasteiger partial charge on any atom is -0.298 e. The molecular weight excluding hydrogens is 370 g/mol. The van der Waals surface area contributed by atoms with Crippen molar-refractivity contribution in [2.24, 2.45) is 0 Å². The van der Waals surface area contributed by atoms with Crippen LogP contribution >= 0.6 is 34.5 Å². The van der Waals surface area contributed by atoms with Gasteiger partial charge < -0.3 is 0 Å². The number of halogens is 3. The van der Waals surface area contributed by atoms with Gasteiger partial charge in [0.05, 0.1) is 15.7 Å². The van der Waals surface area contributed by atoms with Crippen molar-refractivity contribution >= 4 is 45.6 Å². The molecule has 3 aromatic rings. The highest BCUT2D eigenvalue weighted by Crippen LogP contribution is 2.33. The lowest BCUT2D eigenvalue weighted by atomic mass is 10.1. The average molecular weight is 381 g/mol. The monoisotopic (exact) mass is 380 g/mol. The number of anilines is 1. The fourth-order valence-electron chi connectivity index (χ4n) is 2.13. The molecule has 3 nitrogen and oxygen atoms in total. The van der Waals surface area contributed by atoms with Crippen molar-refractivity contribution in [3.63, 3.8) is 0 Å². The van der Waals surface area contributed by atoms with Gasteiger partial charge in [0.1, 0.15) is 5.82 Å². The zero-order valence-electron chi connectivity index (χ0n) is 12.4. The van der Waals surface area contributed by atoms with Crippen molar-refractivity contribution in [1.29, 1.82) is 0 Å². The van der Waals surface area contributed by atoms with E-state index in [1.165, 1.54) is 35.6 Å². The van der Waals surface area contributed by atoms with E-state index >= 15 is 0 Å². The molecule has 122 valence electrons. The van der Waals surface area contributed by atoms with Crippen molar-refractivity contribution in [3.8, 4) is 11.3 Å². The molecular formula is C17H11Cl2FN2OS. The Balaban J connectivity index is 1.84. The van der Waals surface area contributed by atoms with Crippen LogP contribution in [-0.4, -0.2) is 10.9 Å². The van der Waals surface area contributed by atoms with Gasteiger partial charge in [-0.15, -0.1) is 11.3 Å². The third-order valence-corrected chi connectivity index (χ3v) is 4.94. The highest BCUT2D eigenvalue weighted by molar-refractivity contribution is 7.16. The number of benzene rings is 2. The van der Waals surface area contributed by atoms with E-state index in [0.717, 1.165) is 16.1 Å². The van der Waals surface area contributed by atoms with Gasteiger partial charge in [-0.3, -0.25) is 10.1 Å². The van der Waals surface area contributed by atoms with Crippen LogP contribution in [0.2, 0.25) is 10.0 Å². The third kappa shape index (κ3) is 3.59. The fourth-order valence-corrected chi connectivity index (χ4v) is 3.26. The molecule has 0 saturated heterocycles. The zero-order valence-corrected chi connectivity index (χ0v) is 14.8. The quantitative estimate of drug-likeness (QED) is 0.622. The number of nitrogens with zero attached hydrogens (tertiary/aromatic N) is 1. The molecule has 0 saturated carbocycles. The van der Waals surface area contributed by atoms with E-state index in [4.69, 9.17) is 23.2 Å². The van der Waals surface area contributed by atoms with Crippen molar-refractivity contribution in [1.82, 2.24) is 4.98 Å². The molecule has 0 bridgehead atoms. The second-order valence-corrected chi connectivity index (χ2v) is 7.03. The largest absolute Gasteiger partial charge is 0.298 e. The molecule has 1 aromatic heterocycles. The van der Waals surface area contributed by atoms with Crippen LogP contribution in [-0.2, 0) is 0 Å². The third-order valence-electron chi connectivity index (χ3n) is 3.32. The van der Waals surface area contributed by atoms with E-state index in [1.54, 1.807) is 12.1 Å². The molecule has 1 amide bonds. The summed E-state index contributed by atoms with van der Waals surface area (Å²) in [6, 6.07) is 10.6. The summed E-state index contributed by atoms with van der Waals surface area (Å²) in [4.78, 5) is 17.6. The normalized spacial score (nSPS) is 10.7. The summed E-state index contributed by atoms with van der Waals surface area (Å²) < 4.78 is 12.9. The Morgan fingerprint density at radius 2 is 1.83 bits per heavy atom. The number of carbonyl (C=O) groups excluding carboxylic acids is 1. The van der Waals surface area contributed by atoms with Gasteiger partial charge >= 0.3 is 0 Å². The lowest BCUT2D eigenvalue weighted by Gasteiger charge is -2.02. The van der Waals surface area contributed by atoms with E-state index in [1.807, 2.05) is 13.0 Å². The van der Waals surface area contributed by atoms with Crippen LogP contribution in [0.5, 0.6) is 0 Å². The molecule has 7 heteroatoms. The lowest BCUT2D eigenvalue weighted by Crippen LogP contribution is -2.11. The molecule has 0 radical (unpaired) electrons. The van der Waals surface area contributed by atoms with Crippen LogP contribution in [0.25, 0.3) is 11.3 Å². The molecule has 0 spiro atoms. The van der Waals surface area contributed by atoms with E-state index in [-0.39, 0.29) is 5.91 Å².